The van der Waals surface area contributed by atoms with Crippen molar-refractivity contribution in [3.8, 4) is 0 Å². The fourth-order valence-corrected chi connectivity index (χ4v) is 4.04. The number of thioether (sulfide) groups is 1. The summed E-state index contributed by atoms with van der Waals surface area (Å²) in [4.78, 5) is 29.7. The minimum atomic E-state index is -0.168. The Kier molecular flexibility index (Phi) is 5.19. The SMILES string of the molecule is CC(=O)Nc1ccccc1SCc1cc(=O)n2nc(C(C)C)sc2n1. The van der Waals surface area contributed by atoms with E-state index in [-0.39, 0.29) is 17.4 Å². The van der Waals surface area contributed by atoms with Crippen molar-refractivity contribution in [3.63, 3.8) is 0 Å². The number of rotatable bonds is 5. The molecule has 0 unspecified atom stereocenters. The van der Waals surface area contributed by atoms with Crippen LogP contribution in [0.2, 0.25) is 0 Å². The number of nitrogens with one attached hydrogen (secondary N) is 1. The first-order valence-electron chi connectivity index (χ1n) is 7.83. The van der Waals surface area contributed by atoms with E-state index < -0.39 is 0 Å². The summed E-state index contributed by atoms with van der Waals surface area (Å²) in [6, 6.07) is 9.09. The van der Waals surface area contributed by atoms with Gasteiger partial charge in [-0.1, -0.05) is 37.3 Å². The average Bonchev–Trinajstić information content (AvgIpc) is 2.98. The first-order valence-corrected chi connectivity index (χ1v) is 9.63. The van der Waals surface area contributed by atoms with Crippen LogP contribution in [-0.2, 0) is 10.5 Å². The predicted octanol–water partition coefficient (Wildman–Crippen LogP) is 3.53. The van der Waals surface area contributed by atoms with Crippen LogP contribution in [0, 0.1) is 0 Å². The maximum atomic E-state index is 12.3. The molecular formula is C17H18N4O2S2. The molecule has 25 heavy (non-hydrogen) atoms. The summed E-state index contributed by atoms with van der Waals surface area (Å²) in [5.41, 5.74) is 1.29. The molecule has 0 aliphatic carbocycles. The first-order chi connectivity index (χ1) is 11.9. The van der Waals surface area contributed by atoms with E-state index in [4.69, 9.17) is 0 Å². The lowest BCUT2D eigenvalue weighted by molar-refractivity contribution is -0.114. The van der Waals surface area contributed by atoms with Gasteiger partial charge in [0.25, 0.3) is 5.56 Å². The van der Waals surface area contributed by atoms with Gasteiger partial charge in [0, 0.05) is 29.6 Å². The third-order valence-corrected chi connectivity index (χ3v) is 5.70. The van der Waals surface area contributed by atoms with Gasteiger partial charge in [-0.05, 0) is 12.1 Å². The molecule has 1 amide bonds. The lowest BCUT2D eigenvalue weighted by Gasteiger charge is -2.08. The van der Waals surface area contributed by atoms with E-state index in [1.165, 1.54) is 40.6 Å². The summed E-state index contributed by atoms with van der Waals surface area (Å²) in [6.45, 7) is 5.56. The molecule has 8 heteroatoms. The summed E-state index contributed by atoms with van der Waals surface area (Å²) < 4.78 is 1.36. The number of hydrogen-bond acceptors (Lipinski definition) is 6. The van der Waals surface area contributed by atoms with E-state index in [1.807, 2.05) is 38.1 Å². The lowest BCUT2D eigenvalue weighted by atomic mass is 10.2. The van der Waals surface area contributed by atoms with Gasteiger partial charge in [-0.2, -0.15) is 9.61 Å². The van der Waals surface area contributed by atoms with E-state index >= 15 is 0 Å². The molecule has 0 radical (unpaired) electrons. The van der Waals surface area contributed by atoms with Crippen LogP contribution in [-0.4, -0.2) is 20.5 Å². The largest absolute Gasteiger partial charge is 0.325 e. The number of nitrogens with zero attached hydrogens (tertiary/aromatic N) is 3. The monoisotopic (exact) mass is 374 g/mol. The molecule has 0 aliphatic heterocycles. The zero-order valence-corrected chi connectivity index (χ0v) is 15.8. The van der Waals surface area contributed by atoms with Crippen molar-refractivity contribution in [2.45, 2.75) is 37.3 Å². The maximum absolute atomic E-state index is 12.3. The number of anilines is 1. The minimum absolute atomic E-state index is 0.114. The van der Waals surface area contributed by atoms with Crippen LogP contribution >= 0.6 is 23.1 Å². The second kappa shape index (κ2) is 7.37. The highest BCUT2D eigenvalue weighted by atomic mass is 32.2. The number of fused-ring (bicyclic) bond motifs is 1. The highest BCUT2D eigenvalue weighted by Crippen LogP contribution is 2.29. The van der Waals surface area contributed by atoms with E-state index in [2.05, 4.69) is 15.4 Å². The van der Waals surface area contributed by atoms with Crippen LogP contribution in [0.25, 0.3) is 4.96 Å². The lowest BCUT2D eigenvalue weighted by Crippen LogP contribution is -2.15. The number of hydrogen-bond donors (Lipinski definition) is 1. The zero-order valence-electron chi connectivity index (χ0n) is 14.1. The zero-order chi connectivity index (χ0) is 18.0. The Balaban J connectivity index is 1.84. The van der Waals surface area contributed by atoms with Gasteiger partial charge in [-0.3, -0.25) is 9.59 Å². The first kappa shape index (κ1) is 17.6. The summed E-state index contributed by atoms with van der Waals surface area (Å²) in [5, 5.41) is 8.03. The molecule has 2 aromatic heterocycles. The third kappa shape index (κ3) is 4.08. The van der Waals surface area contributed by atoms with E-state index in [1.54, 1.807) is 0 Å². The number of benzene rings is 1. The van der Waals surface area contributed by atoms with Crippen LogP contribution in [0.15, 0.2) is 40.0 Å². The Morgan fingerprint density at radius 1 is 1.36 bits per heavy atom. The third-order valence-electron chi connectivity index (χ3n) is 3.38. The van der Waals surface area contributed by atoms with Crippen molar-refractivity contribution in [1.29, 1.82) is 0 Å². The fraction of sp³-hybridized carbons (Fsp3) is 0.294. The normalized spacial score (nSPS) is 11.2. The van der Waals surface area contributed by atoms with Crippen molar-refractivity contribution < 1.29 is 4.79 Å². The molecule has 0 spiro atoms. The number of para-hydroxylation sites is 1. The molecule has 3 aromatic rings. The fourth-order valence-electron chi connectivity index (χ4n) is 2.22. The number of carbonyl (C=O) groups is 1. The molecule has 3 rings (SSSR count). The van der Waals surface area contributed by atoms with Gasteiger partial charge in [0.1, 0.15) is 5.01 Å². The van der Waals surface area contributed by atoms with Crippen molar-refractivity contribution in [1.82, 2.24) is 14.6 Å². The molecule has 1 N–H and O–H groups in total. The second-order valence-electron chi connectivity index (χ2n) is 5.84. The summed E-state index contributed by atoms with van der Waals surface area (Å²) in [7, 11) is 0. The van der Waals surface area contributed by atoms with Gasteiger partial charge >= 0.3 is 0 Å². The summed E-state index contributed by atoms with van der Waals surface area (Å²) >= 11 is 2.97. The van der Waals surface area contributed by atoms with Crippen molar-refractivity contribution in [2.24, 2.45) is 0 Å². The molecule has 130 valence electrons. The standard InChI is InChI=1S/C17H18N4O2S2/c1-10(2)16-20-21-15(23)8-12(19-17(21)25-16)9-24-14-7-5-4-6-13(14)18-11(3)22/h4-8,10H,9H2,1-3H3,(H,18,22). The van der Waals surface area contributed by atoms with Gasteiger partial charge in [-0.15, -0.1) is 11.8 Å². The molecule has 0 atom stereocenters. The van der Waals surface area contributed by atoms with Crippen LogP contribution < -0.4 is 10.9 Å². The Morgan fingerprint density at radius 3 is 2.84 bits per heavy atom. The second-order valence-corrected chi connectivity index (χ2v) is 7.85. The van der Waals surface area contributed by atoms with Crippen LogP contribution in [0.3, 0.4) is 0 Å². The van der Waals surface area contributed by atoms with Gasteiger partial charge in [-0.25, -0.2) is 4.98 Å². The molecule has 6 nitrogen and oxygen atoms in total. The quantitative estimate of drug-likeness (QED) is 0.692. The highest BCUT2D eigenvalue weighted by molar-refractivity contribution is 7.98. The molecule has 0 aliphatic rings. The van der Waals surface area contributed by atoms with Crippen molar-refractivity contribution in [2.75, 3.05) is 5.32 Å². The van der Waals surface area contributed by atoms with Crippen LogP contribution in [0.5, 0.6) is 0 Å². The number of aromatic nitrogens is 3. The Bertz CT molecular complexity index is 978. The van der Waals surface area contributed by atoms with E-state index in [0.717, 1.165) is 15.6 Å². The summed E-state index contributed by atoms with van der Waals surface area (Å²) in [6.07, 6.45) is 0. The van der Waals surface area contributed by atoms with Gasteiger partial charge in [0.05, 0.1) is 11.4 Å². The Labute approximate surface area is 153 Å². The number of amides is 1. The molecule has 0 saturated heterocycles. The summed E-state index contributed by atoms with van der Waals surface area (Å²) in [5.74, 6) is 0.683. The molecular weight excluding hydrogens is 356 g/mol. The minimum Gasteiger partial charge on any atom is -0.325 e. The molecule has 2 heterocycles. The highest BCUT2D eigenvalue weighted by Gasteiger charge is 2.12. The average molecular weight is 374 g/mol. The van der Waals surface area contributed by atoms with Gasteiger partial charge < -0.3 is 5.32 Å². The van der Waals surface area contributed by atoms with Crippen LogP contribution in [0.4, 0.5) is 5.69 Å². The smallest absolute Gasteiger partial charge is 0.275 e. The topological polar surface area (TPSA) is 76.4 Å². The van der Waals surface area contributed by atoms with E-state index in [0.29, 0.717) is 16.4 Å². The molecule has 0 bridgehead atoms. The predicted molar refractivity (Wildman–Crippen MR) is 102 cm³/mol. The maximum Gasteiger partial charge on any atom is 0.275 e. The van der Waals surface area contributed by atoms with Crippen molar-refractivity contribution >= 4 is 39.7 Å². The Morgan fingerprint density at radius 2 is 2.12 bits per heavy atom. The Hall–Kier alpha value is -2.19. The molecule has 0 fully saturated rings. The van der Waals surface area contributed by atoms with E-state index in [9.17, 15) is 9.59 Å². The number of carbonyl (C=O) groups excluding carboxylic acids is 1. The van der Waals surface area contributed by atoms with Gasteiger partial charge in [0.15, 0.2) is 0 Å². The van der Waals surface area contributed by atoms with Crippen LogP contribution in [0.1, 0.15) is 37.4 Å². The van der Waals surface area contributed by atoms with Crippen molar-refractivity contribution in [3.05, 3.63) is 51.4 Å². The van der Waals surface area contributed by atoms with Gasteiger partial charge in [0.2, 0.25) is 10.9 Å². The molecule has 0 saturated carbocycles. The molecule has 1 aromatic carbocycles.